The number of nitrogens with zero attached hydrogens (tertiary/aromatic N) is 3. The molecular weight excluding hydrogens is 248 g/mol. The number of aromatic nitrogens is 2. The number of hydrogen-bond donors (Lipinski definition) is 1. The molecule has 0 aliphatic heterocycles. The molecule has 0 fully saturated rings. The van der Waals surface area contributed by atoms with E-state index < -0.39 is 0 Å². The molecule has 6 heteroatoms. The molecule has 0 unspecified atom stereocenters. The van der Waals surface area contributed by atoms with Crippen LogP contribution < -0.4 is 16.2 Å². The van der Waals surface area contributed by atoms with Crippen molar-refractivity contribution in [1.29, 1.82) is 0 Å². The van der Waals surface area contributed by atoms with Crippen molar-refractivity contribution in [3.8, 4) is 0 Å². The van der Waals surface area contributed by atoms with Gasteiger partial charge in [0.05, 0.1) is 4.99 Å². The molecule has 5 nitrogen and oxygen atoms in total. The fourth-order valence-electron chi connectivity index (χ4n) is 1.67. The minimum absolute atomic E-state index is 0.0962. The van der Waals surface area contributed by atoms with Gasteiger partial charge in [0.1, 0.15) is 0 Å². The lowest BCUT2D eigenvalue weighted by Crippen LogP contribution is -2.37. The van der Waals surface area contributed by atoms with Crippen LogP contribution in [0.3, 0.4) is 0 Å². The van der Waals surface area contributed by atoms with Crippen LogP contribution >= 0.6 is 12.2 Å². The molecule has 0 spiro atoms. The molecule has 1 heterocycles. The van der Waals surface area contributed by atoms with Gasteiger partial charge in [-0.1, -0.05) is 26.1 Å². The Morgan fingerprint density at radius 2 is 2.28 bits per heavy atom. The van der Waals surface area contributed by atoms with E-state index in [1.807, 2.05) is 4.90 Å². The van der Waals surface area contributed by atoms with E-state index in [1.54, 1.807) is 19.4 Å². The minimum Gasteiger partial charge on any atom is -0.393 e. The first kappa shape index (κ1) is 14.6. The molecule has 0 amide bonds. The quantitative estimate of drug-likeness (QED) is 0.777. The molecule has 0 saturated carbocycles. The van der Waals surface area contributed by atoms with Crippen LogP contribution in [0.25, 0.3) is 0 Å². The van der Waals surface area contributed by atoms with Crippen molar-refractivity contribution in [3.05, 3.63) is 22.7 Å². The van der Waals surface area contributed by atoms with E-state index in [4.69, 9.17) is 18.0 Å². The maximum absolute atomic E-state index is 12.0. The Balaban J connectivity index is 2.97. The average Bonchev–Trinajstić information content (AvgIpc) is 2.27. The summed E-state index contributed by atoms with van der Waals surface area (Å²) in [6.45, 7) is 5.58. The van der Waals surface area contributed by atoms with Crippen LogP contribution in [0.4, 0.5) is 5.82 Å². The summed E-state index contributed by atoms with van der Waals surface area (Å²) >= 11 is 4.88. The van der Waals surface area contributed by atoms with E-state index in [9.17, 15) is 4.79 Å². The summed E-state index contributed by atoms with van der Waals surface area (Å²) in [5.41, 5.74) is 5.42. The fraction of sp³-hybridized carbons (Fsp3) is 0.583. The predicted molar refractivity (Wildman–Crippen MR) is 77.9 cm³/mol. The van der Waals surface area contributed by atoms with Gasteiger partial charge in [0.2, 0.25) is 0 Å². The molecule has 0 aliphatic carbocycles. The molecule has 1 aromatic rings. The Labute approximate surface area is 113 Å². The first-order chi connectivity index (χ1) is 8.41. The standard InChI is InChI=1S/C12H20N4OS/c1-9(2)8-16(6-4-10(13)18)11-12(17)15(3)7-5-14-11/h5,7,9H,4,6,8H2,1-3H3,(H2,13,18). The number of nitrogens with two attached hydrogens (primary N) is 1. The highest BCUT2D eigenvalue weighted by Gasteiger charge is 2.14. The van der Waals surface area contributed by atoms with Crippen molar-refractivity contribution in [1.82, 2.24) is 9.55 Å². The predicted octanol–water partition coefficient (Wildman–Crippen LogP) is 0.919. The largest absolute Gasteiger partial charge is 0.393 e. The van der Waals surface area contributed by atoms with Gasteiger partial charge in [0, 0.05) is 39.0 Å². The molecule has 0 saturated heterocycles. The molecule has 18 heavy (non-hydrogen) atoms. The zero-order valence-corrected chi connectivity index (χ0v) is 11.9. The maximum Gasteiger partial charge on any atom is 0.293 e. The molecule has 0 atom stereocenters. The van der Waals surface area contributed by atoms with Gasteiger partial charge < -0.3 is 15.2 Å². The van der Waals surface area contributed by atoms with Crippen molar-refractivity contribution in [3.63, 3.8) is 0 Å². The molecule has 1 rings (SSSR count). The van der Waals surface area contributed by atoms with Gasteiger partial charge in [-0.15, -0.1) is 0 Å². The van der Waals surface area contributed by atoms with E-state index in [-0.39, 0.29) is 5.56 Å². The molecule has 100 valence electrons. The fourth-order valence-corrected chi connectivity index (χ4v) is 1.76. The van der Waals surface area contributed by atoms with Gasteiger partial charge in [-0.05, 0) is 5.92 Å². The van der Waals surface area contributed by atoms with Crippen molar-refractivity contribution in [2.75, 3.05) is 18.0 Å². The monoisotopic (exact) mass is 268 g/mol. The van der Waals surface area contributed by atoms with Crippen LogP contribution in [0, 0.1) is 5.92 Å². The van der Waals surface area contributed by atoms with Crippen molar-refractivity contribution >= 4 is 23.0 Å². The number of rotatable bonds is 6. The molecule has 0 aliphatic rings. The highest BCUT2D eigenvalue weighted by molar-refractivity contribution is 7.80. The lowest BCUT2D eigenvalue weighted by Gasteiger charge is -2.24. The lowest BCUT2D eigenvalue weighted by atomic mass is 10.2. The highest BCUT2D eigenvalue weighted by atomic mass is 32.1. The Morgan fingerprint density at radius 3 is 2.83 bits per heavy atom. The third-order valence-electron chi connectivity index (χ3n) is 2.51. The first-order valence-corrected chi connectivity index (χ1v) is 6.37. The normalized spacial score (nSPS) is 10.7. The summed E-state index contributed by atoms with van der Waals surface area (Å²) in [5, 5.41) is 0. The summed E-state index contributed by atoms with van der Waals surface area (Å²) in [4.78, 5) is 18.6. The van der Waals surface area contributed by atoms with Gasteiger partial charge >= 0.3 is 0 Å². The van der Waals surface area contributed by atoms with E-state index in [0.29, 0.717) is 29.7 Å². The topological polar surface area (TPSA) is 64.2 Å². The van der Waals surface area contributed by atoms with Crippen molar-refractivity contribution in [2.45, 2.75) is 20.3 Å². The van der Waals surface area contributed by atoms with E-state index >= 15 is 0 Å². The zero-order chi connectivity index (χ0) is 13.7. The van der Waals surface area contributed by atoms with Crippen LogP contribution in [0.5, 0.6) is 0 Å². The Hall–Kier alpha value is -1.43. The summed E-state index contributed by atoms with van der Waals surface area (Å²) in [5.74, 6) is 0.896. The van der Waals surface area contributed by atoms with Crippen LogP contribution in [-0.2, 0) is 7.05 Å². The maximum atomic E-state index is 12.0. The summed E-state index contributed by atoms with van der Waals surface area (Å²) < 4.78 is 1.52. The molecular formula is C12H20N4OS. The summed E-state index contributed by atoms with van der Waals surface area (Å²) in [6, 6.07) is 0. The number of aryl methyl sites for hydroxylation is 1. The Bertz CT molecular complexity index is 469. The van der Waals surface area contributed by atoms with Crippen molar-refractivity contribution in [2.24, 2.45) is 18.7 Å². The molecule has 0 aromatic carbocycles. The van der Waals surface area contributed by atoms with Gasteiger partial charge in [-0.25, -0.2) is 4.98 Å². The van der Waals surface area contributed by atoms with Crippen molar-refractivity contribution < 1.29 is 0 Å². The van der Waals surface area contributed by atoms with E-state index in [1.165, 1.54) is 4.57 Å². The first-order valence-electron chi connectivity index (χ1n) is 5.96. The van der Waals surface area contributed by atoms with Crippen LogP contribution in [0.1, 0.15) is 20.3 Å². The second kappa shape index (κ2) is 6.49. The average molecular weight is 268 g/mol. The Morgan fingerprint density at radius 1 is 1.61 bits per heavy atom. The smallest absolute Gasteiger partial charge is 0.293 e. The molecule has 1 aromatic heterocycles. The highest BCUT2D eigenvalue weighted by Crippen LogP contribution is 2.08. The van der Waals surface area contributed by atoms with Gasteiger partial charge in [-0.3, -0.25) is 4.79 Å². The zero-order valence-electron chi connectivity index (χ0n) is 11.1. The third kappa shape index (κ3) is 4.10. The van der Waals surface area contributed by atoms with E-state index in [0.717, 1.165) is 6.54 Å². The Kier molecular flexibility index (Phi) is 5.27. The van der Waals surface area contributed by atoms with Gasteiger partial charge in [0.15, 0.2) is 5.82 Å². The number of hydrogen-bond acceptors (Lipinski definition) is 4. The van der Waals surface area contributed by atoms with E-state index in [2.05, 4.69) is 18.8 Å². The van der Waals surface area contributed by atoms with Crippen LogP contribution in [0.15, 0.2) is 17.2 Å². The lowest BCUT2D eigenvalue weighted by molar-refractivity contribution is 0.604. The SMILES string of the molecule is CC(C)CN(CCC(N)=S)c1nccn(C)c1=O. The van der Waals surface area contributed by atoms with Crippen LogP contribution in [0.2, 0.25) is 0 Å². The second-order valence-corrected chi connectivity index (χ2v) is 5.25. The number of anilines is 1. The van der Waals surface area contributed by atoms with Gasteiger partial charge in [-0.2, -0.15) is 0 Å². The molecule has 2 N–H and O–H groups in total. The molecule has 0 bridgehead atoms. The van der Waals surface area contributed by atoms with Crippen LogP contribution in [-0.4, -0.2) is 27.6 Å². The minimum atomic E-state index is -0.0962. The summed E-state index contributed by atoms with van der Waals surface area (Å²) in [6.07, 6.45) is 3.86. The third-order valence-corrected chi connectivity index (χ3v) is 2.72. The van der Waals surface area contributed by atoms with Gasteiger partial charge in [0.25, 0.3) is 5.56 Å². The molecule has 0 radical (unpaired) electrons. The summed E-state index contributed by atoms with van der Waals surface area (Å²) in [7, 11) is 1.72. The number of thiocarbonyl (C=S) groups is 1. The second-order valence-electron chi connectivity index (χ2n) is 4.72.